The molecule has 5 aromatic rings. The molecular weight excluding hydrogens is 765 g/mol. The van der Waals surface area contributed by atoms with Crippen LogP contribution in [0.2, 0.25) is 0 Å². The number of carbonyl (C=O) groups excluding carboxylic acids is 3. The van der Waals surface area contributed by atoms with Crippen molar-refractivity contribution in [1.82, 2.24) is 15.2 Å². The topological polar surface area (TPSA) is 223 Å². The number of nitrogens with zero attached hydrogens (tertiary/aromatic N) is 2. The molecule has 2 heterocycles. The van der Waals surface area contributed by atoms with Gasteiger partial charge in [0.1, 0.15) is 17.2 Å². The van der Waals surface area contributed by atoms with Crippen LogP contribution < -0.4 is 31.2 Å². The van der Waals surface area contributed by atoms with Gasteiger partial charge in [0.15, 0.2) is 12.4 Å². The number of aliphatic hydroxyl groups excluding tert-OH is 1. The largest absolute Gasteiger partial charge is 0.506 e. The minimum atomic E-state index is -4.14. The lowest BCUT2D eigenvalue weighted by Crippen LogP contribution is -2.28. The minimum absolute atomic E-state index is 0.0418. The van der Waals surface area contributed by atoms with Gasteiger partial charge in [0.2, 0.25) is 9.84 Å². The molecule has 0 bridgehead atoms. The Kier molecular flexibility index (Phi) is 12.8. The molecule has 1 aromatic heterocycles. The number of anilines is 3. The van der Waals surface area contributed by atoms with Crippen molar-refractivity contribution >= 4 is 55.5 Å². The number of methoxy groups -OCH3 is 1. The highest BCUT2D eigenvalue weighted by molar-refractivity contribution is 7.91. The number of rotatable bonds is 17. The van der Waals surface area contributed by atoms with Crippen LogP contribution in [0.1, 0.15) is 63.6 Å². The number of sulfone groups is 1. The number of unbranched alkanes of at least 4 members (excludes halogenated alkanes) is 3. The molecule has 1 aliphatic heterocycles. The zero-order valence-corrected chi connectivity index (χ0v) is 33.2. The number of nitrogens with two attached hydrogens (primary N) is 1. The predicted octanol–water partition coefficient (Wildman–Crippen LogP) is 5.22. The monoisotopic (exact) mass is 810 g/mol. The zero-order valence-electron chi connectivity index (χ0n) is 32.4. The number of phenolic OH excluding ortho intramolecular Hbond substituents is 1. The standard InChI is InChI=1S/C42H46N6O9S/c1-25-18-30(21-32-37(25)45-22-33(41(43)52)38(32)46-27-11-9-12-28(20-27)56-3)58(54,55)29-13-8-10-26(19-29)42(53)48(2)17-7-5-4-6-16-44-23-35(50)31-14-15-34(49)39-40(31)57-24-36(51)47-39/h8-15,18-22,35,44,49-50H,4-7,16-17,23-24H2,1-3H3,(H2,43,52)(H,45,46)(H,47,51)/t35-/m0/s1. The number of carbonyl (C=O) groups is 3. The van der Waals surface area contributed by atoms with Crippen LogP contribution in [-0.4, -0.2) is 86.6 Å². The number of aryl methyl sites for hydroxylation is 1. The molecule has 0 spiro atoms. The van der Waals surface area contributed by atoms with E-state index in [0.717, 1.165) is 25.7 Å². The van der Waals surface area contributed by atoms with Gasteiger partial charge in [-0.1, -0.05) is 25.0 Å². The Morgan fingerprint density at radius 3 is 2.59 bits per heavy atom. The number of aliphatic hydroxyl groups is 1. The van der Waals surface area contributed by atoms with Gasteiger partial charge < -0.3 is 46.3 Å². The number of ether oxygens (including phenoxy) is 2. The van der Waals surface area contributed by atoms with Crippen molar-refractivity contribution in [2.75, 3.05) is 51.0 Å². The normalized spacial score (nSPS) is 12.9. The van der Waals surface area contributed by atoms with E-state index in [0.29, 0.717) is 52.2 Å². The number of phenols is 1. The van der Waals surface area contributed by atoms with E-state index in [-0.39, 0.29) is 63.1 Å². The molecule has 7 N–H and O–H groups in total. The van der Waals surface area contributed by atoms with Gasteiger partial charge in [0, 0.05) is 54.6 Å². The summed E-state index contributed by atoms with van der Waals surface area (Å²) in [4.78, 5) is 43.5. The minimum Gasteiger partial charge on any atom is -0.506 e. The van der Waals surface area contributed by atoms with E-state index >= 15 is 0 Å². The van der Waals surface area contributed by atoms with Crippen molar-refractivity contribution in [3.8, 4) is 17.2 Å². The van der Waals surface area contributed by atoms with Gasteiger partial charge >= 0.3 is 0 Å². The Balaban J connectivity index is 1.05. The summed E-state index contributed by atoms with van der Waals surface area (Å²) >= 11 is 0. The number of amides is 3. The highest BCUT2D eigenvalue weighted by Gasteiger charge is 2.26. The highest BCUT2D eigenvalue weighted by Crippen LogP contribution is 2.41. The lowest BCUT2D eigenvalue weighted by molar-refractivity contribution is -0.118. The zero-order chi connectivity index (χ0) is 41.6. The molecule has 0 saturated carbocycles. The van der Waals surface area contributed by atoms with Crippen LogP contribution >= 0.6 is 0 Å². The molecule has 304 valence electrons. The third kappa shape index (κ3) is 9.15. The van der Waals surface area contributed by atoms with Crippen LogP contribution in [0.15, 0.2) is 88.8 Å². The van der Waals surface area contributed by atoms with Crippen molar-refractivity contribution in [3.05, 3.63) is 101 Å². The summed E-state index contributed by atoms with van der Waals surface area (Å²) in [5.74, 6) is -0.749. The first-order valence-electron chi connectivity index (χ1n) is 18.7. The summed E-state index contributed by atoms with van der Waals surface area (Å²) in [6, 6.07) is 18.9. The molecule has 3 amide bonds. The maximum atomic E-state index is 14.1. The Bertz CT molecular complexity index is 2480. The van der Waals surface area contributed by atoms with Crippen LogP contribution in [0.3, 0.4) is 0 Å². The summed E-state index contributed by atoms with van der Waals surface area (Å²) in [7, 11) is -0.935. The number of pyridine rings is 1. The Hall–Kier alpha value is -6.23. The van der Waals surface area contributed by atoms with Crippen molar-refractivity contribution in [2.45, 2.75) is 48.5 Å². The number of hydrogen-bond acceptors (Lipinski definition) is 12. The average Bonchev–Trinajstić information content (AvgIpc) is 3.21. The van der Waals surface area contributed by atoms with Gasteiger partial charge in [-0.05, 0) is 86.5 Å². The number of benzene rings is 4. The Morgan fingerprint density at radius 1 is 1.03 bits per heavy atom. The van der Waals surface area contributed by atoms with E-state index < -0.39 is 21.8 Å². The molecule has 0 radical (unpaired) electrons. The van der Waals surface area contributed by atoms with Crippen LogP contribution in [0, 0.1) is 6.92 Å². The van der Waals surface area contributed by atoms with Crippen molar-refractivity contribution in [1.29, 1.82) is 0 Å². The fourth-order valence-corrected chi connectivity index (χ4v) is 8.18. The number of hydrogen-bond donors (Lipinski definition) is 6. The Morgan fingerprint density at radius 2 is 1.81 bits per heavy atom. The number of primary amides is 1. The van der Waals surface area contributed by atoms with E-state index in [2.05, 4.69) is 20.9 Å². The second-order valence-corrected chi connectivity index (χ2v) is 16.0. The first-order chi connectivity index (χ1) is 27.8. The fourth-order valence-electron chi connectivity index (χ4n) is 6.76. The van der Waals surface area contributed by atoms with Gasteiger partial charge in [0.25, 0.3) is 17.7 Å². The number of nitrogens with one attached hydrogen (secondary N) is 3. The second kappa shape index (κ2) is 17.9. The molecule has 0 saturated heterocycles. The lowest BCUT2D eigenvalue weighted by Gasteiger charge is -2.24. The van der Waals surface area contributed by atoms with Crippen LogP contribution in [-0.2, 0) is 14.6 Å². The summed E-state index contributed by atoms with van der Waals surface area (Å²) < 4.78 is 39.1. The molecule has 6 rings (SSSR count). The van der Waals surface area contributed by atoms with Crippen molar-refractivity contribution in [2.24, 2.45) is 5.73 Å². The molecule has 16 heteroatoms. The first-order valence-corrected chi connectivity index (χ1v) is 20.2. The van der Waals surface area contributed by atoms with E-state index in [9.17, 15) is 33.0 Å². The van der Waals surface area contributed by atoms with Gasteiger partial charge in [-0.3, -0.25) is 19.4 Å². The molecule has 15 nitrogen and oxygen atoms in total. The van der Waals surface area contributed by atoms with Crippen molar-refractivity contribution < 1.29 is 42.5 Å². The van der Waals surface area contributed by atoms with E-state index in [1.165, 1.54) is 49.7 Å². The molecular formula is C42H46N6O9S. The van der Waals surface area contributed by atoms with E-state index in [4.69, 9.17) is 15.2 Å². The van der Waals surface area contributed by atoms with Gasteiger partial charge in [-0.2, -0.15) is 0 Å². The third-order valence-corrected chi connectivity index (χ3v) is 11.6. The lowest BCUT2D eigenvalue weighted by atomic mass is 10.0. The van der Waals surface area contributed by atoms with Gasteiger partial charge in [0.05, 0.1) is 39.8 Å². The summed E-state index contributed by atoms with van der Waals surface area (Å²) in [5.41, 5.74) is 8.55. The molecule has 58 heavy (non-hydrogen) atoms. The number of aromatic hydroxyl groups is 1. The molecule has 0 fully saturated rings. The smallest absolute Gasteiger partial charge is 0.262 e. The SMILES string of the molecule is COc1cccc(Nc2c(C(N)=O)cnc3c(C)cc(S(=O)(=O)c4cccc(C(=O)N(C)CCCCCCNC[C@H](O)c5ccc(O)c6c5OCC(=O)N6)c4)cc23)c1. The summed E-state index contributed by atoms with van der Waals surface area (Å²) in [6.45, 7) is 2.89. The second-order valence-electron chi connectivity index (χ2n) is 14.0. The molecule has 4 aromatic carbocycles. The van der Waals surface area contributed by atoms with Gasteiger partial charge in [-0.15, -0.1) is 0 Å². The van der Waals surface area contributed by atoms with E-state index in [1.54, 1.807) is 55.3 Å². The average molecular weight is 811 g/mol. The highest BCUT2D eigenvalue weighted by atomic mass is 32.2. The van der Waals surface area contributed by atoms with Crippen LogP contribution in [0.25, 0.3) is 10.9 Å². The number of aromatic nitrogens is 1. The Labute approximate surface area is 336 Å². The maximum absolute atomic E-state index is 14.1. The summed E-state index contributed by atoms with van der Waals surface area (Å²) in [6.07, 6.45) is 3.73. The fraction of sp³-hybridized carbons (Fsp3) is 0.286. The number of fused-ring (bicyclic) bond motifs is 2. The first kappa shape index (κ1) is 41.4. The molecule has 0 aliphatic carbocycles. The van der Waals surface area contributed by atoms with Crippen LogP contribution in [0.4, 0.5) is 17.1 Å². The predicted molar refractivity (Wildman–Crippen MR) is 219 cm³/mol. The van der Waals surface area contributed by atoms with Gasteiger partial charge in [-0.25, -0.2) is 8.42 Å². The van der Waals surface area contributed by atoms with Crippen LogP contribution in [0.5, 0.6) is 17.2 Å². The molecule has 0 unspecified atom stereocenters. The summed E-state index contributed by atoms with van der Waals surface area (Å²) in [5, 5.41) is 30.1. The molecule has 1 atom stereocenters. The van der Waals surface area contributed by atoms with E-state index in [1.807, 2.05) is 0 Å². The maximum Gasteiger partial charge on any atom is 0.262 e. The van der Waals surface area contributed by atoms with Crippen molar-refractivity contribution in [3.63, 3.8) is 0 Å². The quantitative estimate of drug-likeness (QED) is 0.0526. The molecule has 1 aliphatic rings. The third-order valence-electron chi connectivity index (χ3n) is 9.86.